The fourth-order valence-electron chi connectivity index (χ4n) is 6.18. The van der Waals surface area contributed by atoms with E-state index in [1.54, 1.807) is 19.2 Å². The topological polar surface area (TPSA) is 118 Å². The van der Waals surface area contributed by atoms with E-state index in [9.17, 15) is 20.4 Å². The van der Waals surface area contributed by atoms with Crippen LogP contribution in [0.1, 0.15) is 66.9 Å². The van der Waals surface area contributed by atoms with Gasteiger partial charge in [-0.25, -0.2) is 0 Å². The smallest absolute Gasteiger partial charge is 0.207 e. The van der Waals surface area contributed by atoms with Crippen molar-refractivity contribution in [2.24, 2.45) is 0 Å². The van der Waals surface area contributed by atoms with Crippen molar-refractivity contribution in [2.75, 3.05) is 21.3 Å². The monoisotopic (exact) mass is 536 g/mol. The molecule has 0 aromatic heterocycles. The third kappa shape index (κ3) is 4.46. The first-order valence-electron chi connectivity index (χ1n) is 13.4. The van der Waals surface area contributed by atoms with E-state index in [2.05, 4.69) is 6.92 Å². The number of hydrogen-bond donors (Lipinski definition) is 4. The number of unbranched alkanes of at least 4 members (excludes halogenated alkanes) is 2. The normalized spacial score (nSPS) is 19.4. The molecular weight excluding hydrogens is 500 g/mol. The van der Waals surface area contributed by atoms with Gasteiger partial charge >= 0.3 is 0 Å². The molecule has 3 aromatic rings. The molecule has 2 aliphatic rings. The van der Waals surface area contributed by atoms with Gasteiger partial charge in [0.05, 0.1) is 21.3 Å². The van der Waals surface area contributed by atoms with Crippen LogP contribution >= 0.6 is 0 Å². The van der Waals surface area contributed by atoms with Crippen LogP contribution in [0.3, 0.4) is 0 Å². The molecule has 0 bridgehead atoms. The number of fused-ring (bicyclic) bond motifs is 5. The van der Waals surface area contributed by atoms with Gasteiger partial charge in [-0.15, -0.1) is 0 Å². The number of benzene rings is 3. The second-order valence-electron chi connectivity index (χ2n) is 10.2. The summed E-state index contributed by atoms with van der Waals surface area (Å²) in [4.78, 5) is 0. The molecule has 3 unspecified atom stereocenters. The predicted molar refractivity (Wildman–Crippen MR) is 147 cm³/mol. The van der Waals surface area contributed by atoms with Gasteiger partial charge in [0.1, 0.15) is 23.4 Å². The Morgan fingerprint density at radius 1 is 0.897 bits per heavy atom. The zero-order valence-corrected chi connectivity index (χ0v) is 22.8. The van der Waals surface area contributed by atoms with Gasteiger partial charge in [-0.05, 0) is 54.2 Å². The van der Waals surface area contributed by atoms with E-state index in [1.807, 2.05) is 12.1 Å². The van der Waals surface area contributed by atoms with Crippen LogP contribution in [0.5, 0.6) is 40.2 Å². The largest absolute Gasteiger partial charge is 0.508 e. The lowest BCUT2D eigenvalue weighted by Gasteiger charge is -2.40. The molecule has 1 aliphatic heterocycles. The van der Waals surface area contributed by atoms with Crippen molar-refractivity contribution < 1.29 is 39.4 Å². The number of hydrogen-bond acceptors (Lipinski definition) is 8. The molecular formula is C31H36O8. The number of phenolic OH excluding ortho intramolecular Hbond substituents is 3. The molecule has 8 heteroatoms. The maximum Gasteiger partial charge on any atom is 0.207 e. The molecule has 1 aliphatic carbocycles. The van der Waals surface area contributed by atoms with Gasteiger partial charge in [0.2, 0.25) is 11.5 Å². The zero-order chi connectivity index (χ0) is 27.8. The Bertz CT molecular complexity index is 1380. The molecule has 0 saturated heterocycles. The number of aryl methyl sites for hydroxylation is 1. The summed E-state index contributed by atoms with van der Waals surface area (Å²) in [5, 5.41) is 43.4. The van der Waals surface area contributed by atoms with Gasteiger partial charge in [-0.1, -0.05) is 32.3 Å². The average Bonchev–Trinajstić information content (AvgIpc) is 2.93. The van der Waals surface area contributed by atoms with E-state index >= 15 is 0 Å². The first-order valence-corrected chi connectivity index (χ1v) is 13.4. The lowest BCUT2D eigenvalue weighted by Crippen LogP contribution is -2.36. The minimum atomic E-state index is -0.988. The molecule has 1 heterocycles. The number of methoxy groups -OCH3 is 3. The standard InChI is InChI=1S/C31H36O8/c1-5-6-7-8-20-26-19-11-9-16-13-17(32)10-12-18(16)25(19)22(36-2)15-23(26)39-30(27(20)33)21-14-24(37-3)29(35)31(38-4)28(21)34/h10,12-15,20,27,30,32-35H,5-9,11H2,1-4H3. The molecule has 4 N–H and O–H groups in total. The molecule has 3 aromatic carbocycles. The van der Waals surface area contributed by atoms with Crippen LogP contribution < -0.4 is 18.9 Å². The van der Waals surface area contributed by atoms with Crippen LogP contribution in [0.2, 0.25) is 0 Å². The van der Waals surface area contributed by atoms with Crippen LogP contribution in [-0.4, -0.2) is 47.9 Å². The van der Waals surface area contributed by atoms with E-state index in [1.165, 1.54) is 20.3 Å². The Kier molecular flexibility index (Phi) is 7.40. The van der Waals surface area contributed by atoms with Crippen molar-refractivity contribution in [1.82, 2.24) is 0 Å². The van der Waals surface area contributed by atoms with Gasteiger partial charge < -0.3 is 39.4 Å². The quantitative estimate of drug-likeness (QED) is 0.269. The Balaban J connectivity index is 1.70. The zero-order valence-electron chi connectivity index (χ0n) is 22.8. The minimum absolute atomic E-state index is 0.103. The van der Waals surface area contributed by atoms with Gasteiger partial charge in [-0.2, -0.15) is 0 Å². The summed E-state index contributed by atoms with van der Waals surface area (Å²) in [6.45, 7) is 2.14. The third-order valence-corrected chi connectivity index (χ3v) is 8.04. The maximum atomic E-state index is 11.9. The second kappa shape index (κ2) is 10.8. The summed E-state index contributed by atoms with van der Waals surface area (Å²) in [5.41, 5.74) is 5.31. The number of aliphatic hydroxyl groups is 1. The summed E-state index contributed by atoms with van der Waals surface area (Å²) >= 11 is 0. The molecule has 0 fully saturated rings. The van der Waals surface area contributed by atoms with Crippen LogP contribution in [0.15, 0.2) is 30.3 Å². The lowest BCUT2D eigenvalue weighted by atomic mass is 9.74. The molecule has 39 heavy (non-hydrogen) atoms. The maximum absolute atomic E-state index is 11.9. The van der Waals surface area contributed by atoms with Crippen molar-refractivity contribution in [3.63, 3.8) is 0 Å². The SMILES string of the molecule is CCCCCC1c2c(cc(OC)c3c2CCc2cc(O)ccc2-3)OC(c2cc(OC)c(O)c(OC)c2O)C1O. The van der Waals surface area contributed by atoms with Crippen LogP contribution in [-0.2, 0) is 12.8 Å². The van der Waals surface area contributed by atoms with Gasteiger partial charge in [0.25, 0.3) is 0 Å². The average molecular weight is 537 g/mol. The highest BCUT2D eigenvalue weighted by Gasteiger charge is 2.43. The number of aliphatic hydroxyl groups excluding tert-OH is 1. The third-order valence-electron chi connectivity index (χ3n) is 8.04. The highest BCUT2D eigenvalue weighted by atomic mass is 16.5. The predicted octanol–water partition coefficient (Wildman–Crippen LogP) is 5.75. The van der Waals surface area contributed by atoms with E-state index < -0.39 is 12.2 Å². The number of aromatic hydroxyl groups is 3. The van der Waals surface area contributed by atoms with E-state index in [4.69, 9.17) is 18.9 Å². The first kappa shape index (κ1) is 26.8. The molecule has 0 radical (unpaired) electrons. The summed E-state index contributed by atoms with van der Waals surface area (Å²) in [6, 6.07) is 8.73. The summed E-state index contributed by atoms with van der Waals surface area (Å²) < 4.78 is 22.9. The Hall–Kier alpha value is -3.78. The number of phenols is 3. The fraction of sp³-hybridized carbons (Fsp3) is 0.419. The van der Waals surface area contributed by atoms with Crippen molar-refractivity contribution >= 4 is 0 Å². The number of rotatable bonds is 8. The summed E-state index contributed by atoms with van der Waals surface area (Å²) in [6.07, 6.45) is 3.24. The van der Waals surface area contributed by atoms with Gasteiger partial charge in [0.15, 0.2) is 17.6 Å². The van der Waals surface area contributed by atoms with Crippen molar-refractivity contribution in [3.05, 3.63) is 52.6 Å². The van der Waals surface area contributed by atoms with Gasteiger partial charge in [0, 0.05) is 28.7 Å². The minimum Gasteiger partial charge on any atom is -0.508 e. The van der Waals surface area contributed by atoms with Crippen molar-refractivity contribution in [2.45, 2.75) is 63.6 Å². The molecule has 208 valence electrons. The highest BCUT2D eigenvalue weighted by molar-refractivity contribution is 5.82. The summed E-state index contributed by atoms with van der Waals surface area (Å²) in [7, 11) is 4.37. The van der Waals surface area contributed by atoms with E-state index in [0.29, 0.717) is 17.9 Å². The van der Waals surface area contributed by atoms with Crippen LogP contribution in [0.25, 0.3) is 11.1 Å². The fourth-order valence-corrected chi connectivity index (χ4v) is 6.18. The Morgan fingerprint density at radius 3 is 2.36 bits per heavy atom. The molecule has 0 saturated carbocycles. The van der Waals surface area contributed by atoms with Gasteiger partial charge in [-0.3, -0.25) is 0 Å². The van der Waals surface area contributed by atoms with Crippen LogP contribution in [0.4, 0.5) is 0 Å². The van der Waals surface area contributed by atoms with Crippen LogP contribution in [0, 0.1) is 0 Å². The lowest BCUT2D eigenvalue weighted by molar-refractivity contribution is -0.00466. The van der Waals surface area contributed by atoms with E-state index in [0.717, 1.165) is 59.9 Å². The Labute approximate surface area is 228 Å². The summed E-state index contributed by atoms with van der Waals surface area (Å²) in [5.74, 6) is 0.517. The Morgan fingerprint density at radius 2 is 1.67 bits per heavy atom. The highest BCUT2D eigenvalue weighted by Crippen LogP contribution is 2.56. The first-order chi connectivity index (χ1) is 18.8. The van der Waals surface area contributed by atoms with E-state index in [-0.39, 0.29) is 40.2 Å². The molecule has 5 rings (SSSR count). The molecule has 0 amide bonds. The molecule has 3 atom stereocenters. The molecule has 8 nitrogen and oxygen atoms in total. The van der Waals surface area contributed by atoms with Crippen molar-refractivity contribution in [1.29, 1.82) is 0 Å². The molecule has 0 spiro atoms. The number of ether oxygens (including phenoxy) is 4. The second-order valence-corrected chi connectivity index (χ2v) is 10.2. The van der Waals surface area contributed by atoms with Crippen molar-refractivity contribution in [3.8, 4) is 51.4 Å².